The molecule has 1 aliphatic carbocycles. The van der Waals surface area contributed by atoms with Gasteiger partial charge in [0.2, 0.25) is 0 Å². The molecule has 4 nitrogen and oxygen atoms in total. The zero-order valence-corrected chi connectivity index (χ0v) is 12.7. The first-order valence-electron chi connectivity index (χ1n) is 7.29. The number of carboxylic acid groups (broad SMARTS) is 1. The second-order valence-electron chi connectivity index (χ2n) is 5.99. The van der Waals surface area contributed by atoms with Crippen LogP contribution in [0.2, 0.25) is 0 Å². The van der Waals surface area contributed by atoms with Crippen molar-refractivity contribution in [1.29, 1.82) is 0 Å². The minimum absolute atomic E-state index is 0. The lowest BCUT2D eigenvalue weighted by Crippen LogP contribution is -2.45. The van der Waals surface area contributed by atoms with Gasteiger partial charge >= 0.3 is 5.97 Å². The van der Waals surface area contributed by atoms with Crippen LogP contribution in [0, 0.1) is 5.92 Å². The van der Waals surface area contributed by atoms with Crippen LogP contribution < -0.4 is 0 Å². The van der Waals surface area contributed by atoms with Gasteiger partial charge in [-0.05, 0) is 51.7 Å². The number of hydrogen-bond donors (Lipinski definition) is 1. The lowest BCUT2D eigenvalue weighted by molar-refractivity contribution is -0.138. The van der Waals surface area contributed by atoms with Crippen molar-refractivity contribution in [1.82, 2.24) is 9.80 Å². The first kappa shape index (κ1) is 16.7. The second kappa shape index (κ2) is 8.08. The van der Waals surface area contributed by atoms with E-state index in [4.69, 9.17) is 5.11 Å². The summed E-state index contributed by atoms with van der Waals surface area (Å²) >= 11 is 0. The van der Waals surface area contributed by atoms with Crippen molar-refractivity contribution in [3.63, 3.8) is 0 Å². The maximum absolute atomic E-state index is 10.7. The number of halogens is 1. The molecule has 0 aromatic carbocycles. The van der Waals surface area contributed by atoms with Crippen molar-refractivity contribution >= 4 is 18.4 Å². The fraction of sp³-hybridized carbons (Fsp3) is 0.929. The number of carbonyl (C=O) groups is 1. The summed E-state index contributed by atoms with van der Waals surface area (Å²) in [5, 5.41) is 8.80. The Kier molecular flexibility index (Phi) is 7.11. The fourth-order valence-electron chi connectivity index (χ4n) is 3.44. The fourth-order valence-corrected chi connectivity index (χ4v) is 3.44. The maximum Gasteiger partial charge on any atom is 0.317 e. The zero-order valence-electron chi connectivity index (χ0n) is 11.9. The average Bonchev–Trinajstić information content (AvgIpc) is 2.82. The zero-order chi connectivity index (χ0) is 13.0. The molecule has 2 aliphatic rings. The van der Waals surface area contributed by atoms with E-state index in [0.29, 0.717) is 6.04 Å². The molecule has 19 heavy (non-hydrogen) atoms. The summed E-state index contributed by atoms with van der Waals surface area (Å²) in [6.07, 6.45) is 7.91. The highest BCUT2D eigenvalue weighted by Gasteiger charge is 2.25. The minimum Gasteiger partial charge on any atom is -0.480 e. The molecule has 1 aliphatic heterocycles. The van der Waals surface area contributed by atoms with Crippen molar-refractivity contribution in [2.45, 2.75) is 44.6 Å². The number of aliphatic carboxylic acids is 1. The summed E-state index contributed by atoms with van der Waals surface area (Å²) in [5.74, 6) is 0.212. The van der Waals surface area contributed by atoms with E-state index in [0.717, 1.165) is 31.8 Å². The Morgan fingerprint density at radius 1 is 1.21 bits per heavy atom. The third-order valence-corrected chi connectivity index (χ3v) is 4.56. The van der Waals surface area contributed by atoms with Crippen LogP contribution in [0.5, 0.6) is 0 Å². The number of carboxylic acids is 1. The molecule has 112 valence electrons. The SMILES string of the molecule is CN(CC(=O)O)C1CCN(CC2CCCC2)CC1.Cl. The number of hydrogen-bond acceptors (Lipinski definition) is 3. The Labute approximate surface area is 122 Å². The lowest BCUT2D eigenvalue weighted by atomic mass is 10.0. The smallest absolute Gasteiger partial charge is 0.317 e. The largest absolute Gasteiger partial charge is 0.480 e. The second-order valence-corrected chi connectivity index (χ2v) is 5.99. The van der Waals surface area contributed by atoms with Crippen LogP contribution in [-0.2, 0) is 4.79 Å². The first-order valence-corrected chi connectivity index (χ1v) is 7.29. The van der Waals surface area contributed by atoms with Crippen LogP contribution in [-0.4, -0.2) is 60.1 Å². The van der Waals surface area contributed by atoms with Gasteiger partial charge in [-0.25, -0.2) is 0 Å². The first-order chi connectivity index (χ1) is 8.65. The summed E-state index contributed by atoms with van der Waals surface area (Å²) < 4.78 is 0. The van der Waals surface area contributed by atoms with Crippen LogP contribution in [0.15, 0.2) is 0 Å². The Morgan fingerprint density at radius 2 is 1.79 bits per heavy atom. The van der Waals surface area contributed by atoms with Crippen LogP contribution in [0.1, 0.15) is 38.5 Å². The molecule has 1 N–H and O–H groups in total. The summed E-state index contributed by atoms with van der Waals surface area (Å²) in [7, 11) is 1.94. The summed E-state index contributed by atoms with van der Waals surface area (Å²) in [6.45, 7) is 3.74. The van der Waals surface area contributed by atoms with Crippen molar-refractivity contribution < 1.29 is 9.90 Å². The van der Waals surface area contributed by atoms with Crippen LogP contribution in [0.25, 0.3) is 0 Å². The van der Waals surface area contributed by atoms with Crippen LogP contribution in [0.3, 0.4) is 0 Å². The molecular weight excluding hydrogens is 264 g/mol. The molecule has 1 heterocycles. The Morgan fingerprint density at radius 3 is 2.32 bits per heavy atom. The van der Waals surface area contributed by atoms with Gasteiger partial charge < -0.3 is 10.0 Å². The van der Waals surface area contributed by atoms with E-state index >= 15 is 0 Å². The molecular formula is C14H27ClN2O2. The normalized spacial score (nSPS) is 22.6. The Bertz CT molecular complexity index is 275. The van der Waals surface area contributed by atoms with Crippen LogP contribution >= 0.6 is 12.4 Å². The quantitative estimate of drug-likeness (QED) is 0.842. The molecule has 0 atom stereocenters. The highest BCUT2D eigenvalue weighted by molar-refractivity contribution is 5.85. The molecule has 0 aromatic rings. The van der Waals surface area contributed by atoms with Crippen molar-refractivity contribution in [3.8, 4) is 0 Å². The molecule has 0 bridgehead atoms. The van der Waals surface area contributed by atoms with E-state index in [-0.39, 0.29) is 19.0 Å². The van der Waals surface area contributed by atoms with Crippen LogP contribution in [0.4, 0.5) is 0 Å². The van der Waals surface area contributed by atoms with Gasteiger partial charge in [-0.2, -0.15) is 0 Å². The third-order valence-electron chi connectivity index (χ3n) is 4.56. The van der Waals surface area contributed by atoms with Gasteiger partial charge in [0.15, 0.2) is 0 Å². The van der Waals surface area contributed by atoms with Gasteiger partial charge in [0.1, 0.15) is 0 Å². The monoisotopic (exact) mass is 290 g/mol. The molecule has 0 radical (unpaired) electrons. The van der Waals surface area contributed by atoms with Gasteiger partial charge in [-0.1, -0.05) is 12.8 Å². The molecule has 1 saturated carbocycles. The van der Waals surface area contributed by atoms with Gasteiger partial charge in [0.05, 0.1) is 6.54 Å². The minimum atomic E-state index is -0.717. The number of nitrogens with zero attached hydrogens (tertiary/aromatic N) is 2. The molecule has 0 aromatic heterocycles. The van der Waals surface area contributed by atoms with E-state index in [1.807, 2.05) is 11.9 Å². The van der Waals surface area contributed by atoms with E-state index in [1.165, 1.54) is 32.2 Å². The van der Waals surface area contributed by atoms with Gasteiger partial charge in [-0.3, -0.25) is 9.69 Å². The summed E-state index contributed by atoms with van der Waals surface area (Å²) in [4.78, 5) is 15.3. The van der Waals surface area contributed by atoms with Crippen molar-refractivity contribution in [2.24, 2.45) is 5.92 Å². The lowest BCUT2D eigenvalue weighted by Gasteiger charge is -2.37. The molecule has 0 spiro atoms. The molecule has 0 amide bonds. The molecule has 2 rings (SSSR count). The predicted octanol–water partition coefficient (Wildman–Crippen LogP) is 2.08. The predicted molar refractivity (Wildman–Crippen MR) is 78.9 cm³/mol. The number of likely N-dealkylation sites (N-methyl/N-ethyl adjacent to an activating group) is 1. The highest BCUT2D eigenvalue weighted by Crippen LogP contribution is 2.26. The van der Waals surface area contributed by atoms with E-state index < -0.39 is 5.97 Å². The van der Waals surface area contributed by atoms with Crippen molar-refractivity contribution in [2.75, 3.05) is 33.2 Å². The van der Waals surface area contributed by atoms with Gasteiger partial charge in [0, 0.05) is 12.6 Å². The molecule has 2 fully saturated rings. The number of likely N-dealkylation sites (tertiary alicyclic amines) is 1. The highest BCUT2D eigenvalue weighted by atomic mass is 35.5. The molecule has 1 saturated heterocycles. The summed E-state index contributed by atoms with van der Waals surface area (Å²) in [5.41, 5.74) is 0. The Balaban J connectivity index is 0.00000180. The van der Waals surface area contributed by atoms with Crippen molar-refractivity contribution in [3.05, 3.63) is 0 Å². The summed E-state index contributed by atoms with van der Waals surface area (Å²) in [6, 6.07) is 0.459. The van der Waals surface area contributed by atoms with Gasteiger partial charge in [0.25, 0.3) is 0 Å². The molecule has 5 heteroatoms. The molecule has 0 unspecified atom stereocenters. The Hall–Kier alpha value is -0.320. The number of rotatable bonds is 5. The maximum atomic E-state index is 10.7. The van der Waals surface area contributed by atoms with E-state index in [2.05, 4.69) is 4.90 Å². The van der Waals surface area contributed by atoms with Gasteiger partial charge in [-0.15, -0.1) is 12.4 Å². The van der Waals surface area contributed by atoms with E-state index in [1.54, 1.807) is 0 Å². The van der Waals surface area contributed by atoms with E-state index in [9.17, 15) is 4.79 Å². The topological polar surface area (TPSA) is 43.8 Å². The standard InChI is InChI=1S/C14H26N2O2.ClH/c1-15(11-14(17)18)13-6-8-16(9-7-13)10-12-4-2-3-5-12;/h12-13H,2-11H2,1H3,(H,17,18);1H. The average molecular weight is 291 g/mol. The number of piperidine rings is 1. The third kappa shape index (κ3) is 5.28.